The van der Waals surface area contributed by atoms with Gasteiger partial charge in [0.25, 0.3) is 0 Å². The van der Waals surface area contributed by atoms with Crippen LogP contribution in [0.4, 0.5) is 0 Å². The molecule has 0 bridgehead atoms. The Labute approximate surface area is 258 Å². The molecule has 3 heterocycles. The highest BCUT2D eigenvalue weighted by Crippen LogP contribution is 2.44. The van der Waals surface area contributed by atoms with Gasteiger partial charge in [0, 0.05) is 44.4 Å². The number of rotatable bonds is 2. The first-order chi connectivity index (χ1) is 22.3. The molecular weight excluding hydrogens is 546 g/mol. The van der Waals surface area contributed by atoms with E-state index in [1.807, 2.05) is 12.3 Å². The molecule has 0 N–H and O–H groups in total. The van der Waals surface area contributed by atoms with Crippen molar-refractivity contribution in [1.82, 2.24) is 14.5 Å². The summed E-state index contributed by atoms with van der Waals surface area (Å²) in [4.78, 5) is 9.75. The van der Waals surface area contributed by atoms with Gasteiger partial charge in [-0.25, -0.2) is 4.98 Å². The van der Waals surface area contributed by atoms with Crippen molar-refractivity contribution in [1.29, 1.82) is 0 Å². The molecule has 0 spiro atoms. The van der Waals surface area contributed by atoms with Crippen LogP contribution in [0, 0.1) is 0 Å². The number of para-hydroxylation sites is 1. The van der Waals surface area contributed by atoms with Crippen molar-refractivity contribution in [3.05, 3.63) is 152 Å². The van der Waals surface area contributed by atoms with Crippen LogP contribution < -0.4 is 0 Å². The van der Waals surface area contributed by atoms with Gasteiger partial charge in [-0.2, -0.15) is 0 Å². The summed E-state index contributed by atoms with van der Waals surface area (Å²) in [5, 5.41) is 12.4. The van der Waals surface area contributed by atoms with Crippen LogP contribution in [0.1, 0.15) is 0 Å². The third kappa shape index (κ3) is 3.46. The van der Waals surface area contributed by atoms with E-state index in [1.165, 1.54) is 54.1 Å². The molecule has 10 rings (SSSR count). The molecule has 0 unspecified atom stereocenters. The fraction of sp³-hybridized carbons (Fsp3) is 0. The molecular formula is C42H25N3. The SMILES string of the molecule is c1ccc2c(c1)ccc1c2c2ccccc2c2c3ccccc3n(-c3ccc(-c4ccc5ccc6cccnc6c5n4)cc3)c12. The first kappa shape index (κ1) is 24.4. The van der Waals surface area contributed by atoms with Crippen LogP contribution in [0.15, 0.2) is 152 Å². The average Bonchev–Trinajstić information content (AvgIpc) is 3.47. The number of benzene rings is 7. The molecule has 0 radical (unpaired) electrons. The summed E-state index contributed by atoms with van der Waals surface area (Å²) in [5.41, 5.74) is 7.46. The van der Waals surface area contributed by atoms with Gasteiger partial charge in [-0.3, -0.25) is 4.98 Å². The lowest BCUT2D eigenvalue weighted by Gasteiger charge is -2.14. The van der Waals surface area contributed by atoms with E-state index in [1.54, 1.807) is 0 Å². The summed E-state index contributed by atoms with van der Waals surface area (Å²) in [6, 6.07) is 52.4. The molecule has 45 heavy (non-hydrogen) atoms. The lowest BCUT2D eigenvalue weighted by atomic mass is 9.93. The highest BCUT2D eigenvalue weighted by molar-refractivity contribution is 6.36. The summed E-state index contributed by atoms with van der Waals surface area (Å²) in [6.45, 7) is 0. The van der Waals surface area contributed by atoms with E-state index >= 15 is 0 Å². The predicted octanol–water partition coefficient (Wildman–Crippen LogP) is 11.0. The molecule has 3 aromatic heterocycles. The zero-order chi connectivity index (χ0) is 29.5. The Morgan fingerprint density at radius 2 is 1.07 bits per heavy atom. The number of aromatic nitrogens is 3. The van der Waals surface area contributed by atoms with Crippen molar-refractivity contribution in [2.24, 2.45) is 0 Å². The maximum absolute atomic E-state index is 5.10. The molecule has 3 nitrogen and oxygen atoms in total. The van der Waals surface area contributed by atoms with E-state index in [-0.39, 0.29) is 0 Å². The highest BCUT2D eigenvalue weighted by atomic mass is 15.0. The molecule has 208 valence electrons. The van der Waals surface area contributed by atoms with Gasteiger partial charge in [0.15, 0.2) is 0 Å². The Morgan fingerprint density at radius 1 is 0.422 bits per heavy atom. The Kier molecular flexibility index (Phi) is 5.00. The minimum absolute atomic E-state index is 0.933. The van der Waals surface area contributed by atoms with Crippen LogP contribution in [0.3, 0.4) is 0 Å². The molecule has 0 atom stereocenters. The van der Waals surface area contributed by atoms with E-state index in [9.17, 15) is 0 Å². The number of fused-ring (bicyclic) bond motifs is 13. The van der Waals surface area contributed by atoms with Crippen LogP contribution >= 0.6 is 0 Å². The first-order valence-corrected chi connectivity index (χ1v) is 15.3. The van der Waals surface area contributed by atoms with Crippen molar-refractivity contribution >= 4 is 75.9 Å². The molecule has 0 saturated carbocycles. The molecule has 3 heteroatoms. The zero-order valence-corrected chi connectivity index (χ0v) is 24.3. The van der Waals surface area contributed by atoms with E-state index in [2.05, 4.69) is 149 Å². The largest absolute Gasteiger partial charge is 0.309 e. The van der Waals surface area contributed by atoms with E-state index in [0.29, 0.717) is 0 Å². The fourth-order valence-electron chi connectivity index (χ4n) is 7.38. The normalized spacial score (nSPS) is 12.0. The van der Waals surface area contributed by atoms with Crippen molar-refractivity contribution in [3.8, 4) is 16.9 Å². The van der Waals surface area contributed by atoms with Crippen molar-refractivity contribution in [2.45, 2.75) is 0 Å². The second kappa shape index (κ2) is 9.22. The Bertz CT molecular complexity index is 2810. The van der Waals surface area contributed by atoms with Gasteiger partial charge >= 0.3 is 0 Å². The Hall–Kier alpha value is -6.06. The molecule has 0 aliphatic carbocycles. The monoisotopic (exact) mass is 571 g/mol. The summed E-state index contributed by atoms with van der Waals surface area (Å²) >= 11 is 0. The third-order valence-corrected chi connectivity index (χ3v) is 9.38. The van der Waals surface area contributed by atoms with Gasteiger partial charge < -0.3 is 4.57 Å². The molecule has 0 fully saturated rings. The minimum Gasteiger partial charge on any atom is -0.309 e. The topological polar surface area (TPSA) is 30.7 Å². The van der Waals surface area contributed by atoms with Gasteiger partial charge in [0.1, 0.15) is 0 Å². The van der Waals surface area contributed by atoms with Crippen molar-refractivity contribution in [3.63, 3.8) is 0 Å². The molecule has 10 aromatic rings. The molecule has 7 aromatic carbocycles. The van der Waals surface area contributed by atoms with Gasteiger partial charge in [-0.1, -0.05) is 115 Å². The Morgan fingerprint density at radius 3 is 1.91 bits per heavy atom. The van der Waals surface area contributed by atoms with Crippen LogP contribution in [0.5, 0.6) is 0 Å². The molecule has 0 amide bonds. The third-order valence-electron chi connectivity index (χ3n) is 9.38. The lowest BCUT2D eigenvalue weighted by molar-refractivity contribution is 1.19. The summed E-state index contributed by atoms with van der Waals surface area (Å²) in [7, 11) is 0. The van der Waals surface area contributed by atoms with Gasteiger partial charge in [0.05, 0.1) is 27.8 Å². The summed E-state index contributed by atoms with van der Waals surface area (Å²) in [5.74, 6) is 0. The Balaban J connectivity index is 1.25. The van der Waals surface area contributed by atoms with Crippen LogP contribution in [-0.4, -0.2) is 14.5 Å². The minimum atomic E-state index is 0.933. The maximum Gasteiger partial charge on any atom is 0.0972 e. The van der Waals surface area contributed by atoms with E-state index in [4.69, 9.17) is 4.98 Å². The van der Waals surface area contributed by atoms with Crippen LogP contribution in [0.2, 0.25) is 0 Å². The second-order valence-corrected chi connectivity index (χ2v) is 11.8. The molecule has 0 aliphatic heterocycles. The summed E-state index contributed by atoms with van der Waals surface area (Å²) in [6.07, 6.45) is 1.84. The van der Waals surface area contributed by atoms with E-state index < -0.39 is 0 Å². The lowest BCUT2D eigenvalue weighted by Crippen LogP contribution is -1.95. The van der Waals surface area contributed by atoms with Gasteiger partial charge in [0.2, 0.25) is 0 Å². The highest BCUT2D eigenvalue weighted by Gasteiger charge is 2.20. The van der Waals surface area contributed by atoms with Gasteiger partial charge in [-0.15, -0.1) is 0 Å². The first-order valence-electron chi connectivity index (χ1n) is 15.3. The second-order valence-electron chi connectivity index (χ2n) is 11.8. The van der Waals surface area contributed by atoms with Crippen LogP contribution in [0.25, 0.3) is 92.9 Å². The number of hydrogen-bond acceptors (Lipinski definition) is 2. The predicted molar refractivity (Wildman–Crippen MR) is 189 cm³/mol. The quantitative estimate of drug-likeness (QED) is 0.193. The van der Waals surface area contributed by atoms with Crippen molar-refractivity contribution in [2.75, 3.05) is 0 Å². The number of hydrogen-bond donors (Lipinski definition) is 0. The summed E-state index contributed by atoms with van der Waals surface area (Å²) < 4.78 is 2.45. The van der Waals surface area contributed by atoms with E-state index in [0.717, 1.165) is 38.8 Å². The van der Waals surface area contributed by atoms with Gasteiger partial charge in [-0.05, 0) is 57.3 Å². The maximum atomic E-state index is 5.10. The molecule has 0 saturated heterocycles. The standard InChI is InChI=1S/C42H25N3/c1-2-10-31-26(8-1)19-23-35-38(31)32-11-3-4-12-33(32)39-34-13-5-6-14-37(34)45(42(35)39)30-21-17-27(18-22-30)36-24-20-29-16-15-28-9-7-25-43-40(28)41(29)44-36/h1-25H. The molecule has 0 aliphatic rings. The van der Waals surface area contributed by atoms with Crippen LogP contribution in [-0.2, 0) is 0 Å². The number of pyridine rings is 2. The van der Waals surface area contributed by atoms with Crippen molar-refractivity contribution < 1.29 is 0 Å². The average molecular weight is 572 g/mol. The zero-order valence-electron chi connectivity index (χ0n) is 24.3. The smallest absolute Gasteiger partial charge is 0.0972 e. The number of nitrogens with zero attached hydrogens (tertiary/aromatic N) is 3. The fourth-order valence-corrected chi connectivity index (χ4v) is 7.38.